The summed E-state index contributed by atoms with van der Waals surface area (Å²) in [5.74, 6) is -0.965. The van der Waals surface area contributed by atoms with E-state index in [-0.39, 0.29) is 11.2 Å². The Bertz CT molecular complexity index is 701. The topological polar surface area (TPSA) is 109 Å². The maximum atomic E-state index is 11.3. The lowest BCUT2D eigenvalue weighted by atomic mass is 10.1. The molecule has 104 valence electrons. The van der Waals surface area contributed by atoms with Crippen molar-refractivity contribution in [2.24, 2.45) is 0 Å². The van der Waals surface area contributed by atoms with E-state index in [9.17, 15) is 20.0 Å². The molecule has 2 heterocycles. The molecule has 1 unspecified atom stereocenters. The number of nitrogens with zero attached hydrogens (tertiary/aromatic N) is 4. The maximum absolute atomic E-state index is 11.3. The Morgan fingerprint density at radius 3 is 3.00 bits per heavy atom. The second kappa shape index (κ2) is 4.67. The van der Waals surface area contributed by atoms with Crippen molar-refractivity contribution in [1.29, 1.82) is 0 Å². The van der Waals surface area contributed by atoms with Gasteiger partial charge >= 0.3 is 11.7 Å². The van der Waals surface area contributed by atoms with Crippen LogP contribution in [0.3, 0.4) is 0 Å². The van der Waals surface area contributed by atoms with E-state index in [0.29, 0.717) is 30.6 Å². The number of aromatic nitrogens is 2. The molecule has 1 aliphatic heterocycles. The van der Waals surface area contributed by atoms with E-state index in [1.807, 2.05) is 0 Å². The molecule has 9 heteroatoms. The van der Waals surface area contributed by atoms with Crippen LogP contribution in [0.2, 0.25) is 0 Å². The summed E-state index contributed by atoms with van der Waals surface area (Å²) in [6, 6.07) is 2.47. The van der Waals surface area contributed by atoms with Crippen LogP contribution in [0.15, 0.2) is 12.1 Å². The fourth-order valence-electron chi connectivity index (χ4n) is 2.55. The van der Waals surface area contributed by atoms with Gasteiger partial charge in [-0.05, 0) is 25.0 Å². The molecule has 8 nitrogen and oxygen atoms in total. The van der Waals surface area contributed by atoms with E-state index in [4.69, 9.17) is 0 Å². The lowest BCUT2D eigenvalue weighted by Gasteiger charge is -2.23. The van der Waals surface area contributed by atoms with Crippen LogP contribution in [-0.4, -0.2) is 37.3 Å². The number of nitro groups is 1. The second-order valence-corrected chi connectivity index (χ2v) is 5.04. The van der Waals surface area contributed by atoms with Crippen LogP contribution in [0, 0.1) is 10.1 Å². The number of fused-ring (bicyclic) bond motifs is 1. The van der Waals surface area contributed by atoms with Gasteiger partial charge in [-0.25, -0.2) is 4.79 Å². The lowest BCUT2D eigenvalue weighted by Crippen LogP contribution is -2.36. The predicted molar refractivity (Wildman–Crippen MR) is 72.1 cm³/mol. The molecule has 1 N–H and O–H groups in total. The van der Waals surface area contributed by atoms with Crippen molar-refractivity contribution in [3.8, 4) is 0 Å². The molecule has 1 aliphatic rings. The zero-order chi connectivity index (χ0) is 14.3. The number of nitro benzene ring substituents is 1. The summed E-state index contributed by atoms with van der Waals surface area (Å²) in [7, 11) is 0. The van der Waals surface area contributed by atoms with Crippen LogP contribution < -0.4 is 4.90 Å². The Morgan fingerprint density at radius 1 is 1.50 bits per heavy atom. The zero-order valence-electron chi connectivity index (χ0n) is 10.2. The maximum Gasteiger partial charge on any atom is 0.326 e. The van der Waals surface area contributed by atoms with Crippen molar-refractivity contribution in [2.75, 3.05) is 11.4 Å². The monoisotopic (exact) mass is 294 g/mol. The SMILES string of the molecule is O=C(O)C1CCCN1c1ccc2nsnc2c1[N+](=O)[O-]. The number of hydrogen-bond acceptors (Lipinski definition) is 7. The molecule has 3 rings (SSSR count). The first-order valence-corrected chi connectivity index (χ1v) is 6.71. The first-order chi connectivity index (χ1) is 9.59. The normalized spacial score (nSPS) is 18.6. The lowest BCUT2D eigenvalue weighted by molar-refractivity contribution is -0.382. The Kier molecular flexibility index (Phi) is 2.97. The van der Waals surface area contributed by atoms with Crippen LogP contribution >= 0.6 is 11.7 Å². The number of benzene rings is 1. The predicted octanol–water partition coefficient (Wildman–Crippen LogP) is 1.65. The molecule has 0 radical (unpaired) electrons. The number of rotatable bonds is 3. The van der Waals surface area contributed by atoms with Crippen molar-refractivity contribution in [2.45, 2.75) is 18.9 Å². The van der Waals surface area contributed by atoms with Crippen LogP contribution in [0.4, 0.5) is 11.4 Å². The van der Waals surface area contributed by atoms with Gasteiger partial charge in [0.1, 0.15) is 17.2 Å². The summed E-state index contributed by atoms with van der Waals surface area (Å²) in [5.41, 5.74) is 0.814. The molecule has 0 saturated carbocycles. The quantitative estimate of drug-likeness (QED) is 0.677. The van der Waals surface area contributed by atoms with E-state index in [2.05, 4.69) is 8.75 Å². The number of carbonyl (C=O) groups is 1. The van der Waals surface area contributed by atoms with E-state index in [0.717, 1.165) is 11.7 Å². The van der Waals surface area contributed by atoms with Crippen molar-refractivity contribution >= 4 is 40.1 Å². The van der Waals surface area contributed by atoms with Crippen molar-refractivity contribution in [3.05, 3.63) is 22.2 Å². The average Bonchev–Trinajstić information content (AvgIpc) is 3.05. The van der Waals surface area contributed by atoms with Crippen LogP contribution in [0.1, 0.15) is 12.8 Å². The molecule has 1 atom stereocenters. The Balaban J connectivity index is 2.17. The Hall–Kier alpha value is -2.29. The molecule has 2 aromatic rings. The highest BCUT2D eigenvalue weighted by Gasteiger charge is 2.35. The van der Waals surface area contributed by atoms with Gasteiger partial charge < -0.3 is 10.0 Å². The minimum Gasteiger partial charge on any atom is -0.480 e. The van der Waals surface area contributed by atoms with Gasteiger partial charge in [0.25, 0.3) is 0 Å². The molecule has 0 bridgehead atoms. The van der Waals surface area contributed by atoms with Gasteiger partial charge in [0.05, 0.1) is 16.7 Å². The molecule has 1 aromatic carbocycles. The molecule has 20 heavy (non-hydrogen) atoms. The van der Waals surface area contributed by atoms with Crippen LogP contribution in [0.25, 0.3) is 11.0 Å². The summed E-state index contributed by atoms with van der Waals surface area (Å²) < 4.78 is 7.93. The average molecular weight is 294 g/mol. The largest absolute Gasteiger partial charge is 0.480 e. The number of hydrogen-bond donors (Lipinski definition) is 1. The van der Waals surface area contributed by atoms with Crippen molar-refractivity contribution < 1.29 is 14.8 Å². The van der Waals surface area contributed by atoms with E-state index < -0.39 is 16.9 Å². The minimum absolute atomic E-state index is 0.163. The summed E-state index contributed by atoms with van der Waals surface area (Å²) in [6.45, 7) is 0.487. The summed E-state index contributed by atoms with van der Waals surface area (Å²) in [4.78, 5) is 23.6. The molecule has 0 amide bonds. The first-order valence-electron chi connectivity index (χ1n) is 5.98. The summed E-state index contributed by atoms with van der Waals surface area (Å²) in [5, 5.41) is 20.5. The standard InChI is InChI=1S/C11H10N4O4S/c16-11(17)8-2-1-5-14(8)7-4-3-6-9(13-20-12-6)10(7)15(18)19/h3-4,8H,1-2,5H2,(H,16,17). The van der Waals surface area contributed by atoms with Crippen LogP contribution in [-0.2, 0) is 4.79 Å². The molecule has 1 fully saturated rings. The highest BCUT2D eigenvalue weighted by Crippen LogP contribution is 2.38. The Morgan fingerprint density at radius 2 is 2.30 bits per heavy atom. The molecular weight excluding hydrogens is 284 g/mol. The second-order valence-electron chi connectivity index (χ2n) is 4.51. The van der Waals surface area contributed by atoms with Gasteiger partial charge in [0.15, 0.2) is 5.52 Å². The summed E-state index contributed by atoms with van der Waals surface area (Å²) >= 11 is 0.904. The smallest absolute Gasteiger partial charge is 0.326 e. The van der Waals surface area contributed by atoms with Gasteiger partial charge in [-0.1, -0.05) is 0 Å². The highest BCUT2D eigenvalue weighted by atomic mass is 32.1. The third kappa shape index (κ3) is 1.86. The fourth-order valence-corrected chi connectivity index (χ4v) is 3.09. The third-order valence-electron chi connectivity index (χ3n) is 3.41. The number of aliphatic carboxylic acids is 1. The van der Waals surface area contributed by atoms with Crippen molar-refractivity contribution in [3.63, 3.8) is 0 Å². The highest BCUT2D eigenvalue weighted by molar-refractivity contribution is 7.00. The van der Waals surface area contributed by atoms with E-state index in [1.54, 1.807) is 17.0 Å². The minimum atomic E-state index is -0.965. The van der Waals surface area contributed by atoms with Gasteiger partial charge in [-0.15, -0.1) is 0 Å². The molecule has 0 spiro atoms. The zero-order valence-corrected chi connectivity index (χ0v) is 11.0. The fraction of sp³-hybridized carbons (Fsp3) is 0.364. The Labute approximate surface area is 117 Å². The number of anilines is 1. The van der Waals surface area contributed by atoms with Gasteiger partial charge in [-0.2, -0.15) is 8.75 Å². The molecule has 1 aromatic heterocycles. The summed E-state index contributed by atoms with van der Waals surface area (Å²) in [6.07, 6.45) is 1.18. The molecular formula is C11H10N4O4S. The number of carboxylic acids is 1. The first kappa shape index (κ1) is 12.7. The van der Waals surface area contributed by atoms with Crippen LogP contribution in [0.5, 0.6) is 0 Å². The molecule has 1 saturated heterocycles. The van der Waals surface area contributed by atoms with Gasteiger partial charge in [0, 0.05) is 6.54 Å². The third-order valence-corrected chi connectivity index (χ3v) is 3.95. The molecule has 0 aliphatic carbocycles. The van der Waals surface area contributed by atoms with E-state index in [1.165, 1.54) is 0 Å². The van der Waals surface area contributed by atoms with Gasteiger partial charge in [0.2, 0.25) is 0 Å². The van der Waals surface area contributed by atoms with Crippen molar-refractivity contribution in [1.82, 2.24) is 8.75 Å². The number of carboxylic acid groups (broad SMARTS) is 1. The van der Waals surface area contributed by atoms with Gasteiger partial charge in [-0.3, -0.25) is 10.1 Å². The van der Waals surface area contributed by atoms with E-state index >= 15 is 0 Å².